The molecule has 0 atom stereocenters. The van der Waals surface area contributed by atoms with Crippen LogP contribution in [0.25, 0.3) is 11.0 Å². The minimum Gasteiger partial charge on any atom is -0.475 e. The topological polar surface area (TPSA) is 87.8 Å². The van der Waals surface area contributed by atoms with Gasteiger partial charge < -0.3 is 9.52 Å². The molecule has 0 aliphatic heterocycles. The maximum Gasteiger partial charge on any atom is 0.372 e. The van der Waals surface area contributed by atoms with Gasteiger partial charge in [-0.25, -0.2) is 13.2 Å². The summed E-state index contributed by atoms with van der Waals surface area (Å²) in [6.07, 6.45) is 1.36. The Labute approximate surface area is 228 Å². The number of carboxylic acids is 1. The summed E-state index contributed by atoms with van der Waals surface area (Å²) in [6.45, 7) is 2.13. The smallest absolute Gasteiger partial charge is 0.372 e. The van der Waals surface area contributed by atoms with Crippen LogP contribution in [0.5, 0.6) is 0 Å². The first-order chi connectivity index (χ1) is 18.8. The lowest BCUT2D eigenvalue weighted by molar-refractivity contribution is 0.0664. The quantitative estimate of drug-likeness (QED) is 0.220. The van der Waals surface area contributed by atoms with E-state index in [4.69, 9.17) is 4.42 Å². The highest BCUT2D eigenvalue weighted by atomic mass is 32.2. The lowest BCUT2D eigenvalue weighted by Gasteiger charge is -2.23. The van der Waals surface area contributed by atoms with Gasteiger partial charge in [0.25, 0.3) is 0 Å². The summed E-state index contributed by atoms with van der Waals surface area (Å²) in [4.78, 5) is 11.6. The minimum atomic E-state index is -3.90. The molecule has 1 aromatic heterocycles. The number of carboxylic acid groups (broad SMARTS) is 1. The summed E-state index contributed by atoms with van der Waals surface area (Å²) in [5.74, 6) is -1.37. The number of rotatable bonds is 10. The van der Waals surface area contributed by atoms with Crippen molar-refractivity contribution in [1.29, 1.82) is 0 Å². The van der Waals surface area contributed by atoms with Crippen molar-refractivity contribution in [3.8, 4) is 0 Å². The maximum absolute atomic E-state index is 13.9. The van der Waals surface area contributed by atoms with Gasteiger partial charge in [0.05, 0.1) is 4.90 Å². The number of hydrogen-bond donors (Lipinski definition) is 1. The Bertz CT molecular complexity index is 1690. The summed E-state index contributed by atoms with van der Waals surface area (Å²) in [6, 6.07) is 32.5. The molecule has 198 valence electrons. The molecule has 39 heavy (non-hydrogen) atoms. The Morgan fingerprint density at radius 2 is 1.38 bits per heavy atom. The van der Waals surface area contributed by atoms with Crippen molar-refractivity contribution < 1.29 is 22.7 Å². The van der Waals surface area contributed by atoms with Gasteiger partial charge >= 0.3 is 5.97 Å². The molecule has 7 heteroatoms. The molecule has 0 bridgehead atoms. The average Bonchev–Trinajstić information content (AvgIpc) is 3.29. The standard InChI is InChI=1S/C32H29NO5S/c1-23-29-21-28(16-17-30(29)38-31(23)32(34)35)39(36,37)33(19-18-24-8-4-2-5-9-24)22-27-14-12-26(13-15-27)20-25-10-6-3-7-11-25/h2-17,21H,18-20,22H2,1H3,(H,34,35). The molecule has 0 unspecified atom stereocenters. The van der Waals surface area contributed by atoms with Crippen LogP contribution in [0.2, 0.25) is 0 Å². The normalized spacial score (nSPS) is 11.7. The molecule has 4 aromatic carbocycles. The van der Waals surface area contributed by atoms with Gasteiger partial charge in [-0.2, -0.15) is 4.31 Å². The maximum atomic E-state index is 13.9. The van der Waals surface area contributed by atoms with E-state index >= 15 is 0 Å². The number of fused-ring (bicyclic) bond motifs is 1. The second-order valence-corrected chi connectivity index (χ2v) is 11.5. The third-order valence-corrected chi connectivity index (χ3v) is 8.71. The number of aryl methyl sites for hydroxylation is 1. The van der Waals surface area contributed by atoms with Gasteiger partial charge in [0, 0.05) is 24.0 Å². The van der Waals surface area contributed by atoms with Gasteiger partial charge in [0.2, 0.25) is 15.8 Å². The van der Waals surface area contributed by atoms with E-state index in [1.807, 2.05) is 72.8 Å². The third-order valence-electron chi connectivity index (χ3n) is 6.87. The number of benzene rings is 4. The van der Waals surface area contributed by atoms with E-state index < -0.39 is 16.0 Å². The summed E-state index contributed by atoms with van der Waals surface area (Å²) in [7, 11) is -3.90. The lowest BCUT2D eigenvalue weighted by Crippen LogP contribution is -2.32. The van der Waals surface area contributed by atoms with Crippen LogP contribution < -0.4 is 0 Å². The molecule has 0 radical (unpaired) electrons. The Hall–Kier alpha value is -4.20. The molecule has 0 fully saturated rings. The first-order valence-corrected chi connectivity index (χ1v) is 14.2. The molecule has 0 aliphatic rings. The molecule has 5 rings (SSSR count). The van der Waals surface area contributed by atoms with Crippen LogP contribution in [-0.2, 0) is 29.4 Å². The van der Waals surface area contributed by atoms with E-state index in [1.54, 1.807) is 6.92 Å². The van der Waals surface area contributed by atoms with Crippen LogP contribution in [-0.4, -0.2) is 30.3 Å². The first kappa shape index (κ1) is 26.4. The fourth-order valence-corrected chi connectivity index (χ4v) is 6.15. The number of nitrogens with zero attached hydrogens (tertiary/aromatic N) is 1. The van der Waals surface area contributed by atoms with Gasteiger partial charge in [0.15, 0.2) is 0 Å². The monoisotopic (exact) mass is 539 g/mol. The Kier molecular flexibility index (Phi) is 7.63. The lowest BCUT2D eigenvalue weighted by atomic mass is 10.0. The molecule has 0 saturated carbocycles. The highest BCUT2D eigenvalue weighted by Crippen LogP contribution is 2.29. The first-order valence-electron chi connectivity index (χ1n) is 12.7. The molecule has 0 amide bonds. The summed E-state index contributed by atoms with van der Waals surface area (Å²) in [5, 5.41) is 9.88. The van der Waals surface area contributed by atoms with Crippen molar-refractivity contribution in [1.82, 2.24) is 4.31 Å². The zero-order chi connectivity index (χ0) is 27.4. The predicted octanol–water partition coefficient (Wildman–Crippen LogP) is 6.46. The van der Waals surface area contributed by atoms with Crippen LogP contribution in [0.4, 0.5) is 0 Å². The predicted molar refractivity (Wildman–Crippen MR) is 151 cm³/mol. The molecule has 1 heterocycles. The van der Waals surface area contributed by atoms with E-state index in [2.05, 4.69) is 12.1 Å². The van der Waals surface area contributed by atoms with E-state index in [0.717, 1.165) is 23.1 Å². The fraction of sp³-hybridized carbons (Fsp3) is 0.156. The van der Waals surface area contributed by atoms with Crippen LogP contribution in [0.15, 0.2) is 112 Å². The summed E-state index contributed by atoms with van der Waals surface area (Å²) in [5.41, 5.74) is 5.04. The molecule has 1 N–H and O–H groups in total. The van der Waals surface area contributed by atoms with Gasteiger partial charge in [0.1, 0.15) is 5.58 Å². The van der Waals surface area contributed by atoms with Gasteiger partial charge in [-0.15, -0.1) is 0 Å². The molecular formula is C32H29NO5S. The van der Waals surface area contributed by atoms with Crippen molar-refractivity contribution in [3.63, 3.8) is 0 Å². The van der Waals surface area contributed by atoms with Crippen LogP contribution >= 0.6 is 0 Å². The van der Waals surface area contributed by atoms with E-state index in [9.17, 15) is 18.3 Å². The fourth-order valence-electron chi connectivity index (χ4n) is 4.69. The zero-order valence-corrected chi connectivity index (χ0v) is 22.4. The Morgan fingerprint density at radius 3 is 2.03 bits per heavy atom. The molecular weight excluding hydrogens is 510 g/mol. The molecule has 0 saturated heterocycles. The second kappa shape index (κ2) is 11.3. The number of sulfonamides is 1. The number of aromatic carboxylic acids is 1. The summed E-state index contributed by atoms with van der Waals surface area (Å²) >= 11 is 0. The molecule has 0 aliphatic carbocycles. The van der Waals surface area contributed by atoms with Crippen LogP contribution in [0.3, 0.4) is 0 Å². The molecule has 0 spiro atoms. The highest BCUT2D eigenvalue weighted by molar-refractivity contribution is 7.89. The van der Waals surface area contributed by atoms with Gasteiger partial charge in [-0.05, 0) is 60.2 Å². The van der Waals surface area contributed by atoms with Crippen molar-refractivity contribution in [2.75, 3.05) is 6.54 Å². The number of hydrogen-bond acceptors (Lipinski definition) is 4. The summed E-state index contributed by atoms with van der Waals surface area (Å²) < 4.78 is 34.8. The van der Waals surface area contributed by atoms with Crippen molar-refractivity contribution in [3.05, 3.63) is 137 Å². The Morgan fingerprint density at radius 1 is 0.795 bits per heavy atom. The van der Waals surface area contributed by atoms with Crippen molar-refractivity contribution in [2.45, 2.75) is 31.2 Å². The third kappa shape index (κ3) is 5.95. The van der Waals surface area contributed by atoms with E-state index in [-0.39, 0.29) is 17.2 Å². The average molecular weight is 540 g/mol. The number of furan rings is 1. The SMILES string of the molecule is Cc1c(C(=O)O)oc2ccc(S(=O)(=O)N(CCc3ccccc3)Cc3ccc(Cc4ccccc4)cc3)cc12. The largest absolute Gasteiger partial charge is 0.475 e. The van der Waals surface area contributed by atoms with Crippen molar-refractivity contribution in [2.24, 2.45) is 0 Å². The zero-order valence-electron chi connectivity index (χ0n) is 21.6. The highest BCUT2D eigenvalue weighted by Gasteiger charge is 2.26. The second-order valence-electron chi connectivity index (χ2n) is 9.57. The number of carbonyl (C=O) groups is 1. The van der Waals surface area contributed by atoms with Crippen LogP contribution in [0.1, 0.15) is 38.4 Å². The van der Waals surface area contributed by atoms with Crippen LogP contribution in [0, 0.1) is 6.92 Å². The molecule has 5 aromatic rings. The van der Waals surface area contributed by atoms with E-state index in [0.29, 0.717) is 29.5 Å². The van der Waals surface area contributed by atoms with Gasteiger partial charge in [-0.3, -0.25) is 0 Å². The minimum absolute atomic E-state index is 0.101. The molecule has 6 nitrogen and oxygen atoms in total. The van der Waals surface area contributed by atoms with Crippen molar-refractivity contribution >= 4 is 27.0 Å². The Balaban J connectivity index is 1.44. The van der Waals surface area contributed by atoms with E-state index in [1.165, 1.54) is 28.1 Å². The van der Waals surface area contributed by atoms with Gasteiger partial charge in [-0.1, -0.05) is 84.9 Å².